The van der Waals surface area contributed by atoms with Gasteiger partial charge < -0.3 is 5.32 Å². The largest absolute Gasteiger partial charge is 0.308 e. The van der Waals surface area contributed by atoms with Gasteiger partial charge in [-0.2, -0.15) is 0 Å². The molecule has 2 atom stereocenters. The highest BCUT2D eigenvalue weighted by molar-refractivity contribution is 7.09. The average Bonchev–Trinajstić information content (AvgIpc) is 3.01. The topological polar surface area (TPSA) is 28.2 Å². The van der Waals surface area contributed by atoms with E-state index >= 15 is 0 Å². The van der Waals surface area contributed by atoms with Crippen molar-refractivity contribution in [1.82, 2.24) is 15.2 Å². The smallest absolute Gasteiger partial charge is 0.0965 e. The number of hydrogen-bond donors (Lipinski definition) is 1. The average molecular weight is 310 g/mol. The van der Waals surface area contributed by atoms with Gasteiger partial charge in [-0.15, -0.1) is 11.3 Å². The molecule has 1 aliphatic heterocycles. The highest BCUT2D eigenvalue weighted by Crippen LogP contribution is 2.28. The number of nitrogens with one attached hydrogen (secondary N) is 1. The molecule has 0 amide bonds. The third-order valence-corrected chi connectivity index (χ3v) is 6.17. The van der Waals surface area contributed by atoms with E-state index in [-0.39, 0.29) is 0 Å². The van der Waals surface area contributed by atoms with Gasteiger partial charge in [0.05, 0.1) is 5.01 Å². The zero-order valence-electron chi connectivity index (χ0n) is 14.2. The van der Waals surface area contributed by atoms with E-state index in [1.165, 1.54) is 24.4 Å². The van der Waals surface area contributed by atoms with Crippen molar-refractivity contribution in [3.63, 3.8) is 0 Å². The molecule has 2 unspecified atom stereocenters. The van der Waals surface area contributed by atoms with E-state index < -0.39 is 0 Å². The molecule has 4 heteroatoms. The summed E-state index contributed by atoms with van der Waals surface area (Å²) in [6.45, 7) is 15.0. The fourth-order valence-corrected chi connectivity index (χ4v) is 4.19. The Bertz CT molecular complexity index is 412. The molecule has 1 fully saturated rings. The van der Waals surface area contributed by atoms with Gasteiger partial charge in [0.25, 0.3) is 0 Å². The Labute approximate surface area is 134 Å². The second-order valence-corrected chi connectivity index (χ2v) is 7.81. The molecule has 2 rings (SSSR count). The van der Waals surface area contributed by atoms with E-state index in [4.69, 9.17) is 0 Å². The first-order valence-corrected chi connectivity index (χ1v) is 9.27. The van der Waals surface area contributed by atoms with Crippen LogP contribution in [0.1, 0.15) is 58.4 Å². The minimum absolute atomic E-state index is 0.300. The molecule has 0 aliphatic carbocycles. The first-order valence-electron chi connectivity index (χ1n) is 8.39. The summed E-state index contributed by atoms with van der Waals surface area (Å²) in [7, 11) is 0. The van der Waals surface area contributed by atoms with Crippen molar-refractivity contribution in [2.24, 2.45) is 5.92 Å². The van der Waals surface area contributed by atoms with E-state index in [0.717, 1.165) is 13.1 Å². The summed E-state index contributed by atoms with van der Waals surface area (Å²) in [6.07, 6.45) is 4.34. The van der Waals surface area contributed by atoms with Crippen molar-refractivity contribution in [2.45, 2.75) is 65.0 Å². The normalized spacial score (nSPS) is 24.4. The molecule has 0 saturated carbocycles. The van der Waals surface area contributed by atoms with Gasteiger partial charge >= 0.3 is 0 Å². The number of nitrogens with zero attached hydrogens (tertiary/aromatic N) is 2. The summed E-state index contributed by atoms with van der Waals surface area (Å²) in [5.41, 5.74) is 0.300. The van der Waals surface area contributed by atoms with Gasteiger partial charge in [-0.1, -0.05) is 34.6 Å². The van der Waals surface area contributed by atoms with Crippen LogP contribution in [-0.4, -0.2) is 41.1 Å². The van der Waals surface area contributed by atoms with Crippen LogP contribution in [0.25, 0.3) is 0 Å². The van der Waals surface area contributed by atoms with Crippen molar-refractivity contribution in [1.29, 1.82) is 0 Å². The number of aromatic nitrogens is 1. The van der Waals surface area contributed by atoms with Gasteiger partial charge in [0, 0.05) is 48.7 Å². The van der Waals surface area contributed by atoms with Gasteiger partial charge in [-0.3, -0.25) is 4.90 Å². The minimum Gasteiger partial charge on any atom is -0.308 e. The summed E-state index contributed by atoms with van der Waals surface area (Å²) in [5.74, 6) is 1.21. The molecule has 3 nitrogen and oxygen atoms in total. The predicted molar refractivity (Wildman–Crippen MR) is 92.0 cm³/mol. The molecule has 21 heavy (non-hydrogen) atoms. The van der Waals surface area contributed by atoms with Crippen LogP contribution < -0.4 is 5.32 Å². The molecule has 1 N–H and O–H groups in total. The van der Waals surface area contributed by atoms with Crippen LogP contribution in [0, 0.1) is 5.92 Å². The van der Waals surface area contributed by atoms with Crippen molar-refractivity contribution in [2.75, 3.05) is 19.6 Å². The highest BCUT2D eigenvalue weighted by Gasteiger charge is 2.38. The maximum Gasteiger partial charge on any atom is 0.0965 e. The van der Waals surface area contributed by atoms with Crippen molar-refractivity contribution >= 4 is 11.3 Å². The van der Waals surface area contributed by atoms with Crippen LogP contribution in [0.15, 0.2) is 11.6 Å². The lowest BCUT2D eigenvalue weighted by atomic mass is 9.86. The molecule has 2 heterocycles. The lowest BCUT2D eigenvalue weighted by Crippen LogP contribution is -2.65. The Balaban J connectivity index is 2.10. The Hall–Kier alpha value is -0.450. The SMILES string of the molecule is CCC1(CC)CN(CC(C)c2nccs2)C(C(C)C)CN1. The van der Waals surface area contributed by atoms with Crippen molar-refractivity contribution < 1.29 is 0 Å². The molecule has 1 aromatic heterocycles. The van der Waals surface area contributed by atoms with Crippen LogP contribution >= 0.6 is 11.3 Å². The number of rotatable bonds is 6. The van der Waals surface area contributed by atoms with E-state index in [2.05, 4.69) is 55.2 Å². The zero-order chi connectivity index (χ0) is 15.5. The van der Waals surface area contributed by atoms with Crippen LogP contribution in [-0.2, 0) is 0 Å². The first kappa shape index (κ1) is 16.9. The minimum atomic E-state index is 0.300. The Morgan fingerprint density at radius 3 is 2.62 bits per heavy atom. The molecule has 0 aromatic carbocycles. The monoisotopic (exact) mass is 309 g/mol. The third kappa shape index (κ3) is 3.85. The standard InChI is InChI=1S/C17H31N3S/c1-6-17(7-2)12-20(15(10-19-17)13(3)4)11-14(5)16-18-8-9-21-16/h8-9,13-15,19H,6-7,10-12H2,1-5H3. The van der Waals surface area contributed by atoms with E-state index in [1.54, 1.807) is 11.3 Å². The zero-order valence-corrected chi connectivity index (χ0v) is 15.0. The fourth-order valence-electron chi connectivity index (χ4n) is 3.50. The van der Waals surface area contributed by atoms with Crippen molar-refractivity contribution in [3.8, 4) is 0 Å². The molecule has 0 bridgehead atoms. The summed E-state index contributed by atoms with van der Waals surface area (Å²) in [4.78, 5) is 7.23. The molecule has 120 valence electrons. The Morgan fingerprint density at radius 1 is 1.38 bits per heavy atom. The van der Waals surface area contributed by atoms with E-state index in [9.17, 15) is 0 Å². The molecule has 0 radical (unpaired) electrons. The van der Waals surface area contributed by atoms with Gasteiger partial charge in [0.1, 0.15) is 0 Å². The van der Waals surface area contributed by atoms with Crippen LogP contribution in [0.3, 0.4) is 0 Å². The van der Waals surface area contributed by atoms with E-state index in [1.807, 2.05) is 6.20 Å². The lowest BCUT2D eigenvalue weighted by molar-refractivity contribution is 0.0467. The molecular formula is C17H31N3S. The number of hydrogen-bond acceptors (Lipinski definition) is 4. The molecule has 0 spiro atoms. The lowest BCUT2D eigenvalue weighted by Gasteiger charge is -2.49. The maximum atomic E-state index is 4.50. The third-order valence-electron chi connectivity index (χ3n) is 5.17. The van der Waals surface area contributed by atoms with Gasteiger partial charge in [0.2, 0.25) is 0 Å². The number of thiazole rings is 1. The first-order chi connectivity index (χ1) is 10.0. The molecule has 1 saturated heterocycles. The Morgan fingerprint density at radius 2 is 2.10 bits per heavy atom. The van der Waals surface area contributed by atoms with Gasteiger partial charge in [-0.05, 0) is 18.8 Å². The fraction of sp³-hybridized carbons (Fsp3) is 0.824. The summed E-state index contributed by atoms with van der Waals surface area (Å²) >= 11 is 1.79. The summed E-state index contributed by atoms with van der Waals surface area (Å²) < 4.78 is 0. The molecule has 1 aromatic rings. The second kappa shape index (κ2) is 7.21. The molecule has 1 aliphatic rings. The predicted octanol–water partition coefficient (Wildman–Crippen LogP) is 3.74. The van der Waals surface area contributed by atoms with E-state index in [0.29, 0.717) is 23.4 Å². The summed E-state index contributed by atoms with van der Waals surface area (Å²) in [5, 5.41) is 7.21. The quantitative estimate of drug-likeness (QED) is 0.868. The Kier molecular flexibility index (Phi) is 5.81. The van der Waals surface area contributed by atoms with Gasteiger partial charge in [-0.25, -0.2) is 4.98 Å². The maximum absolute atomic E-state index is 4.50. The summed E-state index contributed by atoms with van der Waals surface area (Å²) in [6, 6.07) is 0.638. The van der Waals surface area contributed by atoms with Gasteiger partial charge in [0.15, 0.2) is 0 Å². The number of piperazine rings is 1. The molecular weight excluding hydrogens is 278 g/mol. The highest BCUT2D eigenvalue weighted by atomic mass is 32.1. The van der Waals surface area contributed by atoms with Crippen LogP contribution in [0.5, 0.6) is 0 Å². The second-order valence-electron chi connectivity index (χ2n) is 6.88. The van der Waals surface area contributed by atoms with Crippen LogP contribution in [0.2, 0.25) is 0 Å². The van der Waals surface area contributed by atoms with Crippen LogP contribution in [0.4, 0.5) is 0 Å². The van der Waals surface area contributed by atoms with Crippen molar-refractivity contribution in [3.05, 3.63) is 16.6 Å².